The van der Waals surface area contributed by atoms with E-state index in [1.807, 2.05) is 11.8 Å². The van der Waals surface area contributed by atoms with Gasteiger partial charge in [-0.3, -0.25) is 4.79 Å². The molecule has 0 bridgehead atoms. The van der Waals surface area contributed by atoms with Crippen molar-refractivity contribution in [3.05, 3.63) is 4.88 Å². The van der Waals surface area contributed by atoms with Crippen molar-refractivity contribution >= 4 is 28.2 Å². The third-order valence-electron chi connectivity index (χ3n) is 4.18. The van der Waals surface area contributed by atoms with Crippen LogP contribution in [0.4, 0.5) is 10.9 Å². The van der Waals surface area contributed by atoms with Crippen LogP contribution in [0.3, 0.4) is 0 Å². The van der Waals surface area contributed by atoms with Gasteiger partial charge in [-0.1, -0.05) is 32.1 Å². The summed E-state index contributed by atoms with van der Waals surface area (Å²) in [5.74, 6) is 1.05. The van der Waals surface area contributed by atoms with Gasteiger partial charge >= 0.3 is 0 Å². The summed E-state index contributed by atoms with van der Waals surface area (Å²) in [4.78, 5) is 19.3. The summed E-state index contributed by atoms with van der Waals surface area (Å²) in [6.07, 6.45) is 2.13. The highest BCUT2D eigenvalue weighted by Gasteiger charge is 2.31. The number of hydrogen-bond donors (Lipinski definition) is 2. The number of nitrogens with zero attached hydrogens (tertiary/aromatic N) is 2. The highest BCUT2D eigenvalue weighted by atomic mass is 32.1. The molecule has 0 atom stereocenters. The number of piperidine rings is 1. The molecule has 21 heavy (non-hydrogen) atoms. The van der Waals surface area contributed by atoms with Crippen LogP contribution in [0.15, 0.2) is 0 Å². The summed E-state index contributed by atoms with van der Waals surface area (Å²) < 4.78 is 0. The van der Waals surface area contributed by atoms with E-state index in [1.165, 1.54) is 11.3 Å². The van der Waals surface area contributed by atoms with Crippen LogP contribution in [0.1, 0.15) is 50.2 Å². The Labute approximate surface area is 130 Å². The molecule has 1 saturated heterocycles. The van der Waals surface area contributed by atoms with Crippen molar-refractivity contribution < 1.29 is 4.79 Å². The Morgan fingerprint density at radius 2 is 2.05 bits per heavy atom. The Balaban J connectivity index is 2.02. The molecule has 118 valence electrons. The molecule has 1 aromatic heterocycles. The summed E-state index contributed by atoms with van der Waals surface area (Å²) in [7, 11) is 0. The molecule has 2 rings (SSSR count). The lowest BCUT2D eigenvalue weighted by atomic mass is 9.75. The molecular weight excluding hydrogens is 284 g/mol. The SMILES string of the molecule is CCNc1nc(N)c(C(=O)N2CCC(C(C)(C)C)CC2)s1. The lowest BCUT2D eigenvalue weighted by molar-refractivity contribution is 0.0614. The molecule has 1 aliphatic rings. The van der Waals surface area contributed by atoms with Crippen molar-refractivity contribution in [3.63, 3.8) is 0 Å². The molecule has 1 amide bonds. The monoisotopic (exact) mass is 310 g/mol. The van der Waals surface area contributed by atoms with Crippen molar-refractivity contribution in [2.24, 2.45) is 11.3 Å². The fourth-order valence-electron chi connectivity index (χ4n) is 2.80. The van der Waals surface area contributed by atoms with E-state index in [1.54, 1.807) is 0 Å². The maximum Gasteiger partial charge on any atom is 0.267 e. The number of rotatable bonds is 3. The van der Waals surface area contributed by atoms with E-state index in [-0.39, 0.29) is 5.91 Å². The first-order chi connectivity index (χ1) is 9.82. The largest absolute Gasteiger partial charge is 0.382 e. The van der Waals surface area contributed by atoms with Crippen LogP contribution in [0, 0.1) is 11.3 Å². The lowest BCUT2D eigenvalue weighted by Crippen LogP contribution is -2.41. The van der Waals surface area contributed by atoms with Gasteiger partial charge in [0.1, 0.15) is 10.7 Å². The van der Waals surface area contributed by atoms with Crippen LogP contribution in [-0.2, 0) is 0 Å². The molecule has 3 N–H and O–H groups in total. The van der Waals surface area contributed by atoms with Crippen LogP contribution in [0.25, 0.3) is 0 Å². The molecule has 0 radical (unpaired) electrons. The molecule has 0 spiro atoms. The van der Waals surface area contributed by atoms with Crippen molar-refractivity contribution in [3.8, 4) is 0 Å². The van der Waals surface area contributed by atoms with E-state index >= 15 is 0 Å². The molecule has 0 aromatic carbocycles. The molecule has 6 heteroatoms. The zero-order chi connectivity index (χ0) is 15.6. The molecule has 1 aliphatic heterocycles. The Morgan fingerprint density at radius 1 is 1.43 bits per heavy atom. The van der Waals surface area contributed by atoms with Gasteiger partial charge in [0.2, 0.25) is 0 Å². The molecular formula is C15H26N4OS. The Hall–Kier alpha value is -1.30. The topological polar surface area (TPSA) is 71.2 Å². The molecule has 0 saturated carbocycles. The predicted octanol–water partition coefficient (Wildman–Crippen LogP) is 3.06. The van der Waals surface area contributed by atoms with Crippen LogP contribution in [0.2, 0.25) is 0 Å². The van der Waals surface area contributed by atoms with E-state index in [0.717, 1.165) is 37.6 Å². The number of aromatic nitrogens is 1. The van der Waals surface area contributed by atoms with E-state index in [2.05, 4.69) is 31.1 Å². The van der Waals surface area contributed by atoms with Crippen molar-refractivity contribution in [2.45, 2.75) is 40.5 Å². The number of anilines is 2. The minimum Gasteiger partial charge on any atom is -0.382 e. The average Bonchev–Trinajstić information content (AvgIpc) is 2.78. The van der Waals surface area contributed by atoms with Gasteiger partial charge in [-0.2, -0.15) is 0 Å². The van der Waals surface area contributed by atoms with Gasteiger partial charge in [0.05, 0.1) is 0 Å². The maximum absolute atomic E-state index is 12.6. The smallest absolute Gasteiger partial charge is 0.267 e. The Bertz CT molecular complexity index is 498. The predicted molar refractivity (Wildman–Crippen MR) is 88.8 cm³/mol. The van der Waals surface area contributed by atoms with E-state index in [0.29, 0.717) is 22.0 Å². The standard InChI is InChI=1S/C15H26N4OS/c1-5-17-14-18-12(16)11(21-14)13(20)19-8-6-10(7-9-19)15(2,3)4/h10H,5-9,16H2,1-4H3,(H,17,18). The van der Waals surface area contributed by atoms with Gasteiger partial charge in [0.15, 0.2) is 5.13 Å². The van der Waals surface area contributed by atoms with Crippen LogP contribution in [0.5, 0.6) is 0 Å². The number of nitrogens with one attached hydrogen (secondary N) is 1. The first-order valence-corrected chi connectivity index (χ1v) is 8.44. The molecule has 1 fully saturated rings. The van der Waals surface area contributed by atoms with Gasteiger partial charge in [-0.05, 0) is 31.1 Å². The van der Waals surface area contributed by atoms with Crippen molar-refractivity contribution in [1.82, 2.24) is 9.88 Å². The number of thiazole rings is 1. The number of amides is 1. The van der Waals surface area contributed by atoms with Gasteiger partial charge in [0, 0.05) is 19.6 Å². The van der Waals surface area contributed by atoms with Crippen molar-refractivity contribution in [1.29, 1.82) is 0 Å². The van der Waals surface area contributed by atoms with E-state index in [4.69, 9.17) is 5.73 Å². The summed E-state index contributed by atoms with van der Waals surface area (Å²) in [6, 6.07) is 0. The minimum absolute atomic E-state index is 0.0292. The summed E-state index contributed by atoms with van der Waals surface area (Å²) in [5.41, 5.74) is 6.20. The first-order valence-electron chi connectivity index (χ1n) is 7.62. The van der Waals surface area contributed by atoms with Crippen LogP contribution >= 0.6 is 11.3 Å². The fraction of sp³-hybridized carbons (Fsp3) is 0.733. The van der Waals surface area contributed by atoms with Crippen molar-refractivity contribution in [2.75, 3.05) is 30.7 Å². The number of likely N-dealkylation sites (tertiary alicyclic amines) is 1. The van der Waals surface area contributed by atoms with Gasteiger partial charge < -0.3 is 16.0 Å². The van der Waals surface area contributed by atoms with Gasteiger partial charge in [0.25, 0.3) is 5.91 Å². The maximum atomic E-state index is 12.6. The van der Waals surface area contributed by atoms with Crippen LogP contribution < -0.4 is 11.1 Å². The quantitative estimate of drug-likeness (QED) is 0.900. The number of hydrogen-bond acceptors (Lipinski definition) is 5. The fourth-order valence-corrected chi connectivity index (χ4v) is 3.72. The second-order valence-corrected chi connectivity index (χ2v) is 7.70. The number of carbonyl (C=O) groups excluding carboxylic acids is 1. The van der Waals surface area contributed by atoms with Gasteiger partial charge in [-0.15, -0.1) is 0 Å². The summed E-state index contributed by atoms with van der Waals surface area (Å²) in [6.45, 7) is 11.2. The second kappa shape index (κ2) is 6.22. The van der Waals surface area contributed by atoms with Crippen LogP contribution in [-0.4, -0.2) is 35.4 Å². The highest BCUT2D eigenvalue weighted by Crippen LogP contribution is 2.35. The second-order valence-electron chi connectivity index (χ2n) is 6.70. The third kappa shape index (κ3) is 3.67. The first kappa shape index (κ1) is 16.1. The lowest BCUT2D eigenvalue weighted by Gasteiger charge is -2.38. The number of nitrogens with two attached hydrogens (primary N) is 1. The molecule has 1 aromatic rings. The molecule has 0 aliphatic carbocycles. The van der Waals surface area contributed by atoms with E-state index < -0.39 is 0 Å². The number of carbonyl (C=O) groups is 1. The Kier molecular flexibility index (Phi) is 4.76. The zero-order valence-electron chi connectivity index (χ0n) is 13.4. The highest BCUT2D eigenvalue weighted by molar-refractivity contribution is 7.18. The third-order valence-corrected chi connectivity index (χ3v) is 5.20. The zero-order valence-corrected chi connectivity index (χ0v) is 14.2. The van der Waals surface area contributed by atoms with Gasteiger partial charge in [-0.25, -0.2) is 4.98 Å². The number of nitrogen functional groups attached to an aromatic ring is 1. The summed E-state index contributed by atoms with van der Waals surface area (Å²) >= 11 is 1.35. The normalized spacial score (nSPS) is 17.0. The average molecular weight is 310 g/mol. The minimum atomic E-state index is 0.0292. The van der Waals surface area contributed by atoms with E-state index in [9.17, 15) is 4.79 Å². The molecule has 5 nitrogen and oxygen atoms in total. The Morgan fingerprint density at radius 3 is 2.57 bits per heavy atom. The summed E-state index contributed by atoms with van der Waals surface area (Å²) in [5, 5.41) is 3.84. The molecule has 0 unspecified atom stereocenters. The molecule has 2 heterocycles.